The second-order valence-electron chi connectivity index (χ2n) is 12.8. The van der Waals surface area contributed by atoms with Crippen molar-refractivity contribution in [1.29, 1.82) is 0 Å². The molecule has 0 saturated heterocycles. The number of hydrogen-bond acceptors (Lipinski definition) is 10. The number of carbonyl (C=O) groups excluding carboxylic acids is 1. The van der Waals surface area contributed by atoms with E-state index in [0.29, 0.717) is 17.5 Å². The van der Waals surface area contributed by atoms with Crippen LogP contribution in [0.3, 0.4) is 0 Å². The summed E-state index contributed by atoms with van der Waals surface area (Å²) in [4.78, 5) is 26.3. The molecule has 4 unspecified atom stereocenters. The summed E-state index contributed by atoms with van der Waals surface area (Å²) < 4.78 is 24.9. The molecule has 4 atom stereocenters. The Morgan fingerprint density at radius 1 is 0.896 bits per heavy atom. The van der Waals surface area contributed by atoms with Crippen molar-refractivity contribution >= 4 is 23.0 Å². The smallest absolute Gasteiger partial charge is 0.330 e. The second-order valence-corrected chi connectivity index (χ2v) is 12.8. The van der Waals surface area contributed by atoms with Crippen LogP contribution in [-0.4, -0.2) is 51.3 Å². The quantitative estimate of drug-likeness (QED) is 0.0832. The Morgan fingerprint density at radius 3 is 2.50 bits per heavy atom. The van der Waals surface area contributed by atoms with Crippen molar-refractivity contribution in [3.63, 3.8) is 0 Å². The van der Waals surface area contributed by atoms with Crippen LogP contribution in [0, 0.1) is 12.8 Å². The summed E-state index contributed by atoms with van der Waals surface area (Å²) in [6, 6.07) is 14.2. The Labute approximate surface area is 277 Å². The first-order valence-corrected chi connectivity index (χ1v) is 16.4. The minimum Gasteiger partial charge on any atom is -0.508 e. The summed E-state index contributed by atoms with van der Waals surface area (Å²) in [5, 5.41) is 39.7. The van der Waals surface area contributed by atoms with E-state index < -0.39 is 17.5 Å². The van der Waals surface area contributed by atoms with E-state index in [4.69, 9.17) is 18.6 Å². The molecule has 10 nitrogen and oxygen atoms in total. The molecular formula is C38H40O10. The molecule has 2 saturated carbocycles. The zero-order valence-electron chi connectivity index (χ0n) is 26.8. The lowest BCUT2D eigenvalue weighted by atomic mass is 9.87. The van der Waals surface area contributed by atoms with Crippen LogP contribution in [0.5, 0.6) is 28.7 Å². The molecule has 4 aromatic rings. The van der Waals surface area contributed by atoms with Gasteiger partial charge in [-0.05, 0) is 81.2 Å². The average molecular weight is 657 g/mol. The van der Waals surface area contributed by atoms with Gasteiger partial charge in [-0.15, -0.1) is 0 Å². The molecule has 0 aliphatic heterocycles. The predicted molar refractivity (Wildman–Crippen MR) is 179 cm³/mol. The van der Waals surface area contributed by atoms with E-state index in [1.165, 1.54) is 30.4 Å². The van der Waals surface area contributed by atoms with Gasteiger partial charge in [0.1, 0.15) is 28.6 Å². The number of rotatable bonds is 9. The number of phenolic OH excluding ortho intramolecular Hbond substituents is 4. The van der Waals surface area contributed by atoms with Gasteiger partial charge in [-0.2, -0.15) is 0 Å². The highest BCUT2D eigenvalue weighted by Crippen LogP contribution is 2.38. The Kier molecular flexibility index (Phi) is 9.91. The Hall–Kier alpha value is -4.96. The number of ether oxygens (including phenoxy) is 3. The van der Waals surface area contributed by atoms with E-state index in [-0.39, 0.29) is 70.2 Å². The van der Waals surface area contributed by atoms with Crippen LogP contribution in [0.1, 0.15) is 62.5 Å². The van der Waals surface area contributed by atoms with Crippen molar-refractivity contribution in [2.75, 3.05) is 6.61 Å². The maximum atomic E-state index is 13.9. The second kappa shape index (κ2) is 14.4. The highest BCUT2D eigenvalue weighted by atomic mass is 16.6. The van der Waals surface area contributed by atoms with Gasteiger partial charge in [0, 0.05) is 23.8 Å². The molecule has 10 heteroatoms. The summed E-state index contributed by atoms with van der Waals surface area (Å²) in [5.41, 5.74) is 1.69. The summed E-state index contributed by atoms with van der Waals surface area (Å²) in [6.07, 6.45) is 8.76. The van der Waals surface area contributed by atoms with Crippen molar-refractivity contribution in [2.45, 2.75) is 76.6 Å². The number of hydrogen-bond donors (Lipinski definition) is 4. The van der Waals surface area contributed by atoms with Gasteiger partial charge in [-0.25, -0.2) is 4.79 Å². The first-order valence-electron chi connectivity index (χ1n) is 16.4. The number of aryl methyl sites for hydroxylation is 1. The molecule has 0 radical (unpaired) electrons. The lowest BCUT2D eigenvalue weighted by Gasteiger charge is -2.37. The normalized spacial score (nSPS) is 21.4. The fraction of sp³-hybridized carbons (Fsp3) is 0.368. The van der Waals surface area contributed by atoms with Gasteiger partial charge in [0.05, 0.1) is 18.8 Å². The van der Waals surface area contributed by atoms with Crippen molar-refractivity contribution in [1.82, 2.24) is 0 Å². The maximum Gasteiger partial charge on any atom is 0.330 e. The van der Waals surface area contributed by atoms with E-state index in [9.17, 15) is 30.0 Å². The molecule has 2 fully saturated rings. The van der Waals surface area contributed by atoms with Crippen LogP contribution in [0.15, 0.2) is 69.9 Å². The van der Waals surface area contributed by atoms with Crippen molar-refractivity contribution in [2.24, 2.45) is 5.92 Å². The molecule has 0 bridgehead atoms. The third-order valence-corrected chi connectivity index (χ3v) is 9.08. The maximum absolute atomic E-state index is 13.9. The number of phenols is 4. The summed E-state index contributed by atoms with van der Waals surface area (Å²) in [5.74, 6) is -1.26. The van der Waals surface area contributed by atoms with Gasteiger partial charge in [-0.3, -0.25) is 4.79 Å². The van der Waals surface area contributed by atoms with Gasteiger partial charge < -0.3 is 39.1 Å². The molecule has 48 heavy (non-hydrogen) atoms. The summed E-state index contributed by atoms with van der Waals surface area (Å²) in [7, 11) is 0. The van der Waals surface area contributed by atoms with Crippen LogP contribution < -0.4 is 10.2 Å². The number of carbonyl (C=O) groups is 1. The number of benzene rings is 3. The van der Waals surface area contributed by atoms with Crippen LogP contribution in [0.25, 0.3) is 28.4 Å². The van der Waals surface area contributed by atoms with Gasteiger partial charge in [0.2, 0.25) is 11.2 Å². The molecular weight excluding hydrogens is 616 g/mol. The number of fused-ring (bicyclic) bond motifs is 1. The zero-order chi connectivity index (χ0) is 33.8. The monoisotopic (exact) mass is 656 g/mol. The molecule has 0 spiro atoms. The standard InChI is InChI=1S/C38H40O10/c1-22-6-4-8-25(16-22)37-38(36(44)35-30(42)19-26(39)20-33(35)48-37)47-32-11-3-2-10-31(32)46-27-9-5-7-24(17-27)21-45-34(43)15-13-23-12-14-28(40)29(41)18-23/h4,6,8,12-16,18-20,24,27,31-32,39-42H,2-3,5,7,9-11,17,21H2,1H3/b15-13+. The van der Waals surface area contributed by atoms with Crippen molar-refractivity contribution in [3.05, 3.63) is 82.0 Å². The van der Waals surface area contributed by atoms with Crippen molar-refractivity contribution in [3.8, 4) is 40.1 Å². The molecule has 252 valence electrons. The van der Waals surface area contributed by atoms with Gasteiger partial charge in [0.25, 0.3) is 0 Å². The molecule has 1 heterocycles. The van der Waals surface area contributed by atoms with E-state index in [1.807, 2.05) is 31.2 Å². The van der Waals surface area contributed by atoms with E-state index >= 15 is 0 Å². The lowest BCUT2D eigenvalue weighted by Crippen LogP contribution is -2.41. The minimum atomic E-state index is -0.523. The third kappa shape index (κ3) is 7.60. The van der Waals surface area contributed by atoms with Gasteiger partial charge in [-0.1, -0.05) is 42.7 Å². The van der Waals surface area contributed by atoms with E-state index in [1.54, 1.807) is 6.07 Å². The Bertz CT molecular complexity index is 1880. The SMILES string of the molecule is Cc1cccc(-c2oc3cc(O)cc(O)c3c(=O)c2OC2CCCCC2OC2CCCC(COC(=O)/C=C/c3ccc(O)c(O)c3)C2)c1. The summed E-state index contributed by atoms with van der Waals surface area (Å²) >= 11 is 0. The fourth-order valence-corrected chi connectivity index (χ4v) is 6.68. The first kappa shape index (κ1) is 33.0. The van der Waals surface area contributed by atoms with Crippen LogP contribution in [0.4, 0.5) is 0 Å². The van der Waals surface area contributed by atoms with Crippen LogP contribution >= 0.6 is 0 Å². The predicted octanol–water partition coefficient (Wildman–Crippen LogP) is 7.11. The molecule has 1 aromatic heterocycles. The van der Waals surface area contributed by atoms with E-state index in [0.717, 1.165) is 56.6 Å². The van der Waals surface area contributed by atoms with Gasteiger partial charge >= 0.3 is 5.97 Å². The van der Waals surface area contributed by atoms with Crippen LogP contribution in [-0.2, 0) is 14.3 Å². The molecule has 4 N–H and O–H groups in total. The zero-order valence-corrected chi connectivity index (χ0v) is 26.8. The molecule has 2 aliphatic carbocycles. The molecule has 3 aromatic carbocycles. The summed E-state index contributed by atoms with van der Waals surface area (Å²) in [6.45, 7) is 2.19. The van der Waals surface area contributed by atoms with Crippen molar-refractivity contribution < 1.29 is 43.8 Å². The number of esters is 1. The van der Waals surface area contributed by atoms with E-state index in [2.05, 4.69) is 0 Å². The lowest BCUT2D eigenvalue weighted by molar-refractivity contribution is -0.141. The third-order valence-electron chi connectivity index (χ3n) is 9.08. The average Bonchev–Trinajstić information content (AvgIpc) is 3.06. The topological polar surface area (TPSA) is 156 Å². The molecule has 2 aliphatic rings. The first-order chi connectivity index (χ1) is 23.1. The fourth-order valence-electron chi connectivity index (χ4n) is 6.68. The molecule has 0 amide bonds. The largest absolute Gasteiger partial charge is 0.508 e. The molecule has 6 rings (SSSR count). The minimum absolute atomic E-state index is 0.00130. The Morgan fingerprint density at radius 2 is 1.71 bits per heavy atom. The highest BCUT2D eigenvalue weighted by molar-refractivity contribution is 5.88. The highest BCUT2D eigenvalue weighted by Gasteiger charge is 2.34. The number of aromatic hydroxyl groups is 4. The Balaban J connectivity index is 1.15. The van der Waals surface area contributed by atoms with Gasteiger partial charge in [0.15, 0.2) is 17.3 Å². The van der Waals surface area contributed by atoms with Crippen LogP contribution in [0.2, 0.25) is 0 Å².